The molecule has 8 atom stereocenters. The van der Waals surface area contributed by atoms with Gasteiger partial charge in [0.05, 0.1) is 11.2 Å². The van der Waals surface area contributed by atoms with Gasteiger partial charge in [0.15, 0.2) is 6.61 Å². The normalized spacial score (nSPS) is 45.4. The Morgan fingerprint density at radius 3 is 2.70 bits per heavy atom. The maximum atomic E-state index is 12.0. The van der Waals surface area contributed by atoms with Crippen LogP contribution in [-0.2, 0) is 33.4 Å². The zero-order valence-electron chi connectivity index (χ0n) is 13.0. The van der Waals surface area contributed by atoms with Gasteiger partial charge in [-0.2, -0.15) is 8.42 Å². The second-order valence-electron chi connectivity index (χ2n) is 7.10. The van der Waals surface area contributed by atoms with Crippen LogP contribution >= 0.6 is 0 Å². The number of hydrogen-bond donors (Lipinski definition) is 0. The number of rotatable bonds is 5. The SMILES string of the molecule is CCC(C)C(=O)OCC(=O)OC1C2OS(=O)(=O)C3CC4C1C4C23. The van der Waals surface area contributed by atoms with Crippen molar-refractivity contribution in [3.8, 4) is 0 Å². The molecule has 128 valence electrons. The number of esters is 2. The Labute approximate surface area is 134 Å². The second kappa shape index (κ2) is 4.92. The minimum atomic E-state index is -3.52. The van der Waals surface area contributed by atoms with E-state index in [-0.39, 0.29) is 17.8 Å². The summed E-state index contributed by atoms with van der Waals surface area (Å²) in [6.45, 7) is 3.16. The Morgan fingerprint density at radius 1 is 1.26 bits per heavy atom. The molecule has 0 aromatic heterocycles. The molecule has 0 spiro atoms. The van der Waals surface area contributed by atoms with Gasteiger partial charge in [-0.1, -0.05) is 13.8 Å². The van der Waals surface area contributed by atoms with Crippen LogP contribution in [0.1, 0.15) is 26.7 Å². The maximum Gasteiger partial charge on any atom is 0.344 e. The van der Waals surface area contributed by atoms with Crippen molar-refractivity contribution >= 4 is 22.1 Å². The summed E-state index contributed by atoms with van der Waals surface area (Å²) in [5.41, 5.74) is 0. The quantitative estimate of drug-likeness (QED) is 0.529. The molecule has 0 amide bonds. The van der Waals surface area contributed by atoms with Crippen LogP contribution in [0.15, 0.2) is 0 Å². The molecule has 1 aliphatic heterocycles. The first kappa shape index (κ1) is 15.4. The van der Waals surface area contributed by atoms with Gasteiger partial charge >= 0.3 is 11.9 Å². The number of fused-ring (bicyclic) bond motifs is 1. The molecule has 0 N–H and O–H groups in total. The molecule has 4 fully saturated rings. The Kier molecular flexibility index (Phi) is 3.29. The minimum absolute atomic E-state index is 0.0320. The molecule has 4 rings (SSSR count). The van der Waals surface area contributed by atoms with E-state index in [1.807, 2.05) is 6.92 Å². The zero-order valence-corrected chi connectivity index (χ0v) is 13.8. The van der Waals surface area contributed by atoms with Crippen molar-refractivity contribution < 1.29 is 31.7 Å². The van der Waals surface area contributed by atoms with E-state index in [0.717, 1.165) is 0 Å². The van der Waals surface area contributed by atoms with Crippen molar-refractivity contribution in [1.29, 1.82) is 0 Å². The highest BCUT2D eigenvalue weighted by molar-refractivity contribution is 7.87. The van der Waals surface area contributed by atoms with Crippen molar-refractivity contribution in [1.82, 2.24) is 0 Å². The van der Waals surface area contributed by atoms with Crippen LogP contribution in [0.5, 0.6) is 0 Å². The van der Waals surface area contributed by atoms with Crippen LogP contribution in [-0.4, -0.2) is 44.4 Å². The Morgan fingerprint density at radius 2 is 2.00 bits per heavy atom. The van der Waals surface area contributed by atoms with Crippen LogP contribution in [0, 0.1) is 29.6 Å². The third kappa shape index (κ3) is 2.14. The highest BCUT2D eigenvalue weighted by Crippen LogP contribution is 2.73. The molecule has 1 saturated heterocycles. The van der Waals surface area contributed by atoms with Crippen molar-refractivity contribution in [3.63, 3.8) is 0 Å². The van der Waals surface area contributed by atoms with E-state index in [4.69, 9.17) is 13.7 Å². The van der Waals surface area contributed by atoms with Gasteiger partial charge in [-0.3, -0.25) is 8.98 Å². The highest BCUT2D eigenvalue weighted by atomic mass is 32.2. The van der Waals surface area contributed by atoms with Crippen molar-refractivity contribution in [2.24, 2.45) is 29.6 Å². The fourth-order valence-corrected chi connectivity index (χ4v) is 6.58. The lowest BCUT2D eigenvalue weighted by Gasteiger charge is -2.21. The van der Waals surface area contributed by atoms with Crippen molar-refractivity contribution in [2.75, 3.05) is 6.61 Å². The Hall–Kier alpha value is -1.15. The van der Waals surface area contributed by atoms with Crippen LogP contribution in [0.25, 0.3) is 0 Å². The lowest BCUT2D eigenvalue weighted by Crippen LogP contribution is -2.35. The summed E-state index contributed by atoms with van der Waals surface area (Å²) < 4.78 is 39.5. The second-order valence-corrected chi connectivity index (χ2v) is 8.88. The summed E-state index contributed by atoms with van der Waals surface area (Å²) >= 11 is 0. The van der Waals surface area contributed by atoms with Gasteiger partial charge in [-0.25, -0.2) is 4.79 Å². The Bertz CT molecular complexity index is 657. The number of carbonyl (C=O) groups is 2. The van der Waals surface area contributed by atoms with Crippen molar-refractivity contribution in [3.05, 3.63) is 0 Å². The molecule has 8 unspecified atom stereocenters. The molecular formula is C15H20O7S. The molecule has 23 heavy (non-hydrogen) atoms. The predicted octanol–water partition coefficient (Wildman–Crippen LogP) is 0.480. The summed E-state index contributed by atoms with van der Waals surface area (Å²) in [6, 6.07) is 0. The third-order valence-electron chi connectivity index (χ3n) is 5.98. The van der Waals surface area contributed by atoms with Gasteiger partial charge in [0.2, 0.25) is 0 Å². The van der Waals surface area contributed by atoms with Crippen LogP contribution in [0.4, 0.5) is 0 Å². The van der Waals surface area contributed by atoms with Crippen LogP contribution in [0.2, 0.25) is 0 Å². The fourth-order valence-electron chi connectivity index (χ4n) is 4.71. The zero-order chi connectivity index (χ0) is 16.5. The van der Waals surface area contributed by atoms with E-state index < -0.39 is 46.1 Å². The molecule has 3 aliphatic carbocycles. The Balaban J connectivity index is 1.37. The molecule has 0 aromatic rings. The summed E-state index contributed by atoms with van der Waals surface area (Å²) in [5.74, 6) is -0.505. The first-order valence-electron chi connectivity index (χ1n) is 8.13. The van der Waals surface area contributed by atoms with E-state index in [1.165, 1.54) is 0 Å². The maximum absolute atomic E-state index is 12.0. The molecule has 0 aromatic carbocycles. The molecule has 0 radical (unpaired) electrons. The molecule has 0 bridgehead atoms. The average Bonchev–Trinajstić information content (AvgIpc) is 2.80. The molecule has 8 heteroatoms. The molecule has 3 saturated carbocycles. The molecule has 4 aliphatic rings. The van der Waals surface area contributed by atoms with Crippen LogP contribution in [0.3, 0.4) is 0 Å². The van der Waals surface area contributed by atoms with Crippen LogP contribution < -0.4 is 0 Å². The smallest absolute Gasteiger partial charge is 0.344 e. The number of ether oxygens (including phenoxy) is 2. The first-order valence-corrected chi connectivity index (χ1v) is 9.60. The van der Waals surface area contributed by atoms with E-state index in [9.17, 15) is 18.0 Å². The lowest BCUT2D eigenvalue weighted by atomic mass is 10.0. The largest absolute Gasteiger partial charge is 0.457 e. The number of hydrogen-bond acceptors (Lipinski definition) is 7. The van der Waals surface area contributed by atoms with Crippen molar-refractivity contribution in [2.45, 2.75) is 44.1 Å². The summed E-state index contributed by atoms with van der Waals surface area (Å²) in [7, 11) is -3.52. The summed E-state index contributed by atoms with van der Waals surface area (Å²) in [6.07, 6.45) is 0.189. The average molecular weight is 344 g/mol. The summed E-state index contributed by atoms with van der Waals surface area (Å²) in [4.78, 5) is 23.5. The summed E-state index contributed by atoms with van der Waals surface area (Å²) in [5, 5.41) is -0.425. The third-order valence-corrected chi connectivity index (χ3v) is 7.72. The van der Waals surface area contributed by atoms with Gasteiger partial charge < -0.3 is 9.47 Å². The fraction of sp³-hybridized carbons (Fsp3) is 0.867. The monoisotopic (exact) mass is 344 g/mol. The van der Waals surface area contributed by atoms with E-state index in [1.54, 1.807) is 6.92 Å². The topological polar surface area (TPSA) is 96.0 Å². The predicted molar refractivity (Wildman–Crippen MR) is 76.5 cm³/mol. The van der Waals surface area contributed by atoms with Gasteiger partial charge in [0.25, 0.3) is 10.1 Å². The van der Waals surface area contributed by atoms with E-state index in [2.05, 4.69) is 0 Å². The minimum Gasteiger partial charge on any atom is -0.457 e. The van der Waals surface area contributed by atoms with E-state index >= 15 is 0 Å². The van der Waals surface area contributed by atoms with Gasteiger partial charge in [0.1, 0.15) is 12.2 Å². The lowest BCUT2D eigenvalue weighted by molar-refractivity contribution is -0.167. The standard InChI is InChI=1S/C15H20O7S/c1-3-6(2)15(17)20-5-9(16)21-13-11-7-4-8-12(10(7)11)14(13)22-23(8,18)19/h6-8,10-14H,3-5H2,1-2H3. The molecular weight excluding hydrogens is 324 g/mol. The number of carbonyl (C=O) groups excluding carboxylic acids is 2. The van der Waals surface area contributed by atoms with Gasteiger partial charge in [-0.05, 0) is 24.7 Å². The molecule has 7 nitrogen and oxygen atoms in total. The highest BCUT2D eigenvalue weighted by Gasteiger charge is 2.79. The van der Waals surface area contributed by atoms with Gasteiger partial charge in [-0.15, -0.1) is 0 Å². The first-order chi connectivity index (χ1) is 10.8. The van der Waals surface area contributed by atoms with E-state index in [0.29, 0.717) is 24.7 Å². The molecule has 1 heterocycles. The van der Waals surface area contributed by atoms with Gasteiger partial charge in [0, 0.05) is 11.8 Å².